The first-order valence-corrected chi connectivity index (χ1v) is 7.23. The van der Waals surface area contributed by atoms with Gasteiger partial charge in [0.05, 0.1) is 0 Å². The van der Waals surface area contributed by atoms with Crippen LogP contribution in [0.1, 0.15) is 33.6 Å². The van der Waals surface area contributed by atoms with Crippen LogP contribution in [0.3, 0.4) is 0 Å². The molecule has 1 aliphatic rings. The van der Waals surface area contributed by atoms with Crippen LogP contribution in [-0.4, -0.2) is 50.8 Å². The normalized spacial score (nSPS) is 21.5. The van der Waals surface area contributed by atoms with Gasteiger partial charge in [0.2, 0.25) is 0 Å². The lowest BCUT2D eigenvalue weighted by atomic mass is 10.1. The van der Waals surface area contributed by atoms with Crippen LogP contribution < -0.4 is 5.32 Å². The van der Waals surface area contributed by atoms with Crippen molar-refractivity contribution >= 4 is 0 Å². The van der Waals surface area contributed by atoms with Crippen LogP contribution in [0, 0.1) is 11.8 Å². The van der Waals surface area contributed by atoms with E-state index >= 15 is 0 Å². The van der Waals surface area contributed by atoms with Crippen molar-refractivity contribution in [1.29, 1.82) is 0 Å². The maximum absolute atomic E-state index is 5.61. The Balaban J connectivity index is 1.94. The van der Waals surface area contributed by atoms with Crippen LogP contribution in [0.2, 0.25) is 0 Å². The Morgan fingerprint density at radius 3 is 2.94 bits per heavy atom. The van der Waals surface area contributed by atoms with Crippen molar-refractivity contribution in [3.05, 3.63) is 0 Å². The molecule has 1 aliphatic heterocycles. The van der Waals surface area contributed by atoms with E-state index in [1.807, 2.05) is 0 Å². The second-order valence-electron chi connectivity index (χ2n) is 5.59. The van der Waals surface area contributed by atoms with E-state index in [0.717, 1.165) is 25.7 Å². The average molecular weight is 242 g/mol. The molecule has 0 saturated carbocycles. The largest absolute Gasteiger partial charge is 0.381 e. The molecule has 0 radical (unpaired) electrons. The maximum atomic E-state index is 5.61. The van der Waals surface area contributed by atoms with Crippen molar-refractivity contribution < 1.29 is 4.74 Å². The molecular formula is C14H30N2O. The summed E-state index contributed by atoms with van der Waals surface area (Å²) in [6, 6.07) is 0. The molecule has 3 heteroatoms. The molecule has 3 nitrogen and oxygen atoms in total. The lowest BCUT2D eigenvalue weighted by Crippen LogP contribution is -2.27. The molecule has 1 fully saturated rings. The lowest BCUT2D eigenvalue weighted by molar-refractivity contribution is 0.101. The first-order valence-electron chi connectivity index (χ1n) is 7.23. The predicted octanol–water partition coefficient (Wildman–Crippen LogP) is 1.98. The van der Waals surface area contributed by atoms with E-state index in [9.17, 15) is 0 Å². The van der Waals surface area contributed by atoms with E-state index in [0.29, 0.717) is 5.92 Å². The summed E-state index contributed by atoms with van der Waals surface area (Å²) < 4.78 is 5.61. The number of ether oxygens (including phenoxy) is 1. The first-order chi connectivity index (χ1) is 8.22. The predicted molar refractivity (Wildman–Crippen MR) is 73.4 cm³/mol. The minimum atomic E-state index is 0.659. The van der Waals surface area contributed by atoms with Gasteiger partial charge in [-0.3, -0.25) is 0 Å². The molecule has 1 N–H and O–H groups in total. The van der Waals surface area contributed by atoms with Crippen LogP contribution in [0.25, 0.3) is 0 Å². The summed E-state index contributed by atoms with van der Waals surface area (Å²) in [4.78, 5) is 2.58. The topological polar surface area (TPSA) is 24.5 Å². The summed E-state index contributed by atoms with van der Waals surface area (Å²) in [5.74, 6) is 1.53. The summed E-state index contributed by atoms with van der Waals surface area (Å²) >= 11 is 0. The van der Waals surface area contributed by atoms with E-state index in [2.05, 4.69) is 31.0 Å². The zero-order valence-electron chi connectivity index (χ0n) is 11.9. The van der Waals surface area contributed by atoms with Crippen LogP contribution in [0.5, 0.6) is 0 Å². The highest BCUT2D eigenvalue weighted by molar-refractivity contribution is 4.76. The Hall–Kier alpha value is -0.120. The number of hydrogen-bond acceptors (Lipinski definition) is 3. The van der Waals surface area contributed by atoms with Gasteiger partial charge in [-0.25, -0.2) is 0 Å². The van der Waals surface area contributed by atoms with Gasteiger partial charge in [-0.05, 0) is 44.3 Å². The SMILES string of the molecule is CCNCC1CCN(CCCOCC(C)C)C1. The number of nitrogens with zero attached hydrogens (tertiary/aromatic N) is 1. The molecule has 0 aromatic heterocycles. The van der Waals surface area contributed by atoms with Crippen molar-refractivity contribution in [1.82, 2.24) is 10.2 Å². The molecule has 0 aromatic carbocycles. The van der Waals surface area contributed by atoms with Gasteiger partial charge in [-0.1, -0.05) is 20.8 Å². The lowest BCUT2D eigenvalue weighted by Gasteiger charge is -2.16. The quantitative estimate of drug-likeness (QED) is 0.626. The van der Waals surface area contributed by atoms with Gasteiger partial charge in [0.15, 0.2) is 0 Å². The summed E-state index contributed by atoms with van der Waals surface area (Å²) in [5, 5.41) is 3.45. The summed E-state index contributed by atoms with van der Waals surface area (Å²) in [7, 11) is 0. The molecule has 0 spiro atoms. The monoisotopic (exact) mass is 242 g/mol. The molecule has 102 valence electrons. The Bertz CT molecular complexity index is 185. The Morgan fingerprint density at radius 2 is 2.24 bits per heavy atom. The number of likely N-dealkylation sites (tertiary alicyclic amines) is 1. The van der Waals surface area contributed by atoms with Gasteiger partial charge in [0.25, 0.3) is 0 Å². The fourth-order valence-corrected chi connectivity index (χ4v) is 2.34. The Morgan fingerprint density at radius 1 is 1.41 bits per heavy atom. The van der Waals surface area contributed by atoms with Crippen LogP contribution in [0.15, 0.2) is 0 Å². The van der Waals surface area contributed by atoms with Gasteiger partial charge < -0.3 is 15.0 Å². The summed E-state index contributed by atoms with van der Waals surface area (Å²) in [6.45, 7) is 14.5. The summed E-state index contributed by atoms with van der Waals surface area (Å²) in [5.41, 5.74) is 0. The molecule has 0 bridgehead atoms. The van der Waals surface area contributed by atoms with Crippen molar-refractivity contribution in [3.8, 4) is 0 Å². The average Bonchev–Trinajstić information content (AvgIpc) is 2.73. The molecule has 1 rings (SSSR count). The molecule has 0 aromatic rings. The fraction of sp³-hybridized carbons (Fsp3) is 1.00. The molecule has 17 heavy (non-hydrogen) atoms. The van der Waals surface area contributed by atoms with Gasteiger partial charge >= 0.3 is 0 Å². The fourth-order valence-electron chi connectivity index (χ4n) is 2.34. The van der Waals surface area contributed by atoms with Gasteiger partial charge in [0.1, 0.15) is 0 Å². The first kappa shape index (κ1) is 14.9. The third-order valence-electron chi connectivity index (χ3n) is 3.27. The second-order valence-corrected chi connectivity index (χ2v) is 5.59. The van der Waals surface area contributed by atoms with Crippen molar-refractivity contribution in [3.63, 3.8) is 0 Å². The third-order valence-corrected chi connectivity index (χ3v) is 3.27. The van der Waals surface area contributed by atoms with Crippen molar-refractivity contribution in [2.75, 3.05) is 45.9 Å². The van der Waals surface area contributed by atoms with Crippen LogP contribution in [-0.2, 0) is 4.74 Å². The Kier molecular flexibility index (Phi) is 7.82. The Labute approximate surface area is 107 Å². The standard InChI is InChI=1S/C14H30N2O/c1-4-15-10-14-6-8-16(11-14)7-5-9-17-12-13(2)3/h13-15H,4-12H2,1-3H3. The second kappa shape index (κ2) is 8.90. The smallest absolute Gasteiger partial charge is 0.0489 e. The molecular weight excluding hydrogens is 212 g/mol. The molecule has 1 saturated heterocycles. The zero-order valence-corrected chi connectivity index (χ0v) is 11.9. The van der Waals surface area contributed by atoms with E-state index in [1.165, 1.54) is 39.0 Å². The molecule has 0 amide bonds. The highest BCUT2D eigenvalue weighted by Gasteiger charge is 2.21. The minimum Gasteiger partial charge on any atom is -0.381 e. The number of nitrogens with one attached hydrogen (secondary N) is 1. The third kappa shape index (κ3) is 7.02. The number of hydrogen-bond donors (Lipinski definition) is 1. The van der Waals surface area contributed by atoms with Crippen molar-refractivity contribution in [2.24, 2.45) is 11.8 Å². The summed E-state index contributed by atoms with van der Waals surface area (Å²) in [6.07, 6.45) is 2.54. The zero-order chi connectivity index (χ0) is 12.5. The maximum Gasteiger partial charge on any atom is 0.0489 e. The van der Waals surface area contributed by atoms with Crippen molar-refractivity contribution in [2.45, 2.75) is 33.6 Å². The number of rotatable bonds is 9. The minimum absolute atomic E-state index is 0.659. The van der Waals surface area contributed by atoms with E-state index in [1.54, 1.807) is 0 Å². The van der Waals surface area contributed by atoms with Gasteiger partial charge in [-0.2, -0.15) is 0 Å². The van der Waals surface area contributed by atoms with Crippen LogP contribution in [0.4, 0.5) is 0 Å². The molecule has 1 unspecified atom stereocenters. The highest BCUT2D eigenvalue weighted by atomic mass is 16.5. The van der Waals surface area contributed by atoms with Crippen LogP contribution >= 0.6 is 0 Å². The van der Waals surface area contributed by atoms with Gasteiger partial charge in [-0.15, -0.1) is 0 Å². The molecule has 1 heterocycles. The van der Waals surface area contributed by atoms with E-state index in [-0.39, 0.29) is 0 Å². The van der Waals surface area contributed by atoms with Gasteiger partial charge in [0, 0.05) is 26.3 Å². The molecule has 1 atom stereocenters. The molecule has 0 aliphatic carbocycles. The highest BCUT2D eigenvalue weighted by Crippen LogP contribution is 2.15. The van der Waals surface area contributed by atoms with E-state index < -0.39 is 0 Å². The van der Waals surface area contributed by atoms with E-state index in [4.69, 9.17) is 4.74 Å².